The SMILES string of the molecule is CC1=CSC(C)CO1. The van der Waals surface area contributed by atoms with E-state index in [2.05, 4.69) is 12.3 Å². The van der Waals surface area contributed by atoms with Crippen LogP contribution in [0.4, 0.5) is 0 Å². The standard InChI is InChI=1S/C6H10OS/c1-5-4-8-6(2)3-7-5/h4,6H,3H2,1-2H3. The van der Waals surface area contributed by atoms with Crippen LogP contribution in [0.2, 0.25) is 0 Å². The highest BCUT2D eigenvalue weighted by atomic mass is 32.2. The number of rotatable bonds is 0. The van der Waals surface area contributed by atoms with Crippen molar-refractivity contribution in [1.29, 1.82) is 0 Å². The van der Waals surface area contributed by atoms with Gasteiger partial charge >= 0.3 is 0 Å². The summed E-state index contributed by atoms with van der Waals surface area (Å²) in [6.07, 6.45) is 0. The Morgan fingerprint density at radius 2 is 2.62 bits per heavy atom. The fourth-order valence-corrected chi connectivity index (χ4v) is 1.17. The first-order valence-electron chi connectivity index (χ1n) is 2.74. The highest BCUT2D eigenvalue weighted by Gasteiger charge is 2.06. The van der Waals surface area contributed by atoms with Crippen molar-refractivity contribution >= 4 is 11.8 Å². The van der Waals surface area contributed by atoms with E-state index in [1.165, 1.54) is 0 Å². The van der Waals surface area contributed by atoms with E-state index in [-0.39, 0.29) is 0 Å². The van der Waals surface area contributed by atoms with E-state index in [0.717, 1.165) is 12.4 Å². The first-order chi connectivity index (χ1) is 3.79. The Kier molecular flexibility index (Phi) is 1.84. The Labute approximate surface area is 54.1 Å². The van der Waals surface area contributed by atoms with Crippen LogP contribution in [0.5, 0.6) is 0 Å². The summed E-state index contributed by atoms with van der Waals surface area (Å²) in [4.78, 5) is 0. The van der Waals surface area contributed by atoms with Crippen molar-refractivity contribution in [3.8, 4) is 0 Å². The molecular formula is C6H10OS. The molecule has 1 nitrogen and oxygen atoms in total. The van der Waals surface area contributed by atoms with Crippen LogP contribution in [-0.2, 0) is 4.74 Å². The van der Waals surface area contributed by atoms with Gasteiger partial charge < -0.3 is 4.74 Å². The summed E-state index contributed by atoms with van der Waals surface area (Å²) in [7, 11) is 0. The summed E-state index contributed by atoms with van der Waals surface area (Å²) in [6, 6.07) is 0. The molecule has 0 N–H and O–H groups in total. The van der Waals surface area contributed by atoms with Gasteiger partial charge in [-0.05, 0) is 13.8 Å². The van der Waals surface area contributed by atoms with Gasteiger partial charge in [-0.25, -0.2) is 0 Å². The molecule has 0 fully saturated rings. The fraction of sp³-hybridized carbons (Fsp3) is 0.667. The molecule has 0 aliphatic carbocycles. The summed E-state index contributed by atoms with van der Waals surface area (Å²) < 4.78 is 5.23. The molecule has 1 atom stereocenters. The van der Waals surface area contributed by atoms with Gasteiger partial charge in [-0.2, -0.15) is 0 Å². The number of hydrogen-bond donors (Lipinski definition) is 0. The topological polar surface area (TPSA) is 9.23 Å². The van der Waals surface area contributed by atoms with Crippen LogP contribution < -0.4 is 0 Å². The van der Waals surface area contributed by atoms with Gasteiger partial charge in [-0.15, -0.1) is 11.8 Å². The van der Waals surface area contributed by atoms with E-state index in [9.17, 15) is 0 Å². The first-order valence-corrected chi connectivity index (χ1v) is 3.68. The average molecular weight is 130 g/mol. The molecule has 0 aromatic heterocycles. The second-order valence-corrected chi connectivity index (χ2v) is 3.30. The normalized spacial score (nSPS) is 28.8. The zero-order chi connectivity index (χ0) is 5.98. The summed E-state index contributed by atoms with van der Waals surface area (Å²) in [5, 5.41) is 2.70. The highest BCUT2D eigenvalue weighted by Crippen LogP contribution is 2.20. The molecular weight excluding hydrogens is 120 g/mol. The van der Waals surface area contributed by atoms with Crippen LogP contribution in [0.25, 0.3) is 0 Å². The lowest BCUT2D eigenvalue weighted by atomic mass is 10.5. The zero-order valence-electron chi connectivity index (χ0n) is 5.18. The zero-order valence-corrected chi connectivity index (χ0v) is 5.99. The molecule has 8 heavy (non-hydrogen) atoms. The van der Waals surface area contributed by atoms with Gasteiger partial charge in [0.05, 0.1) is 12.4 Å². The second-order valence-electron chi connectivity index (χ2n) is 1.99. The van der Waals surface area contributed by atoms with E-state index in [1.807, 2.05) is 18.7 Å². The van der Waals surface area contributed by atoms with Crippen molar-refractivity contribution < 1.29 is 4.74 Å². The minimum atomic E-state index is 0.638. The maximum absolute atomic E-state index is 5.23. The molecule has 0 saturated carbocycles. The lowest BCUT2D eigenvalue weighted by Gasteiger charge is -2.16. The molecule has 46 valence electrons. The monoisotopic (exact) mass is 130 g/mol. The van der Waals surface area contributed by atoms with Crippen LogP contribution in [0.1, 0.15) is 13.8 Å². The molecule has 0 amide bonds. The Morgan fingerprint density at radius 3 is 3.00 bits per heavy atom. The van der Waals surface area contributed by atoms with Crippen molar-refractivity contribution in [2.75, 3.05) is 6.61 Å². The molecule has 1 aliphatic heterocycles. The minimum Gasteiger partial charge on any atom is -0.497 e. The van der Waals surface area contributed by atoms with Crippen molar-refractivity contribution in [3.63, 3.8) is 0 Å². The van der Waals surface area contributed by atoms with Crippen LogP contribution >= 0.6 is 11.8 Å². The number of hydrogen-bond acceptors (Lipinski definition) is 2. The Hall–Kier alpha value is -0.110. The van der Waals surface area contributed by atoms with E-state index in [1.54, 1.807) is 0 Å². The maximum Gasteiger partial charge on any atom is 0.0996 e. The molecule has 0 saturated heterocycles. The van der Waals surface area contributed by atoms with E-state index in [0.29, 0.717) is 5.25 Å². The van der Waals surface area contributed by atoms with Crippen LogP contribution in [-0.4, -0.2) is 11.9 Å². The van der Waals surface area contributed by atoms with Gasteiger partial charge in [0.15, 0.2) is 0 Å². The summed E-state index contributed by atoms with van der Waals surface area (Å²) >= 11 is 1.84. The van der Waals surface area contributed by atoms with Crippen LogP contribution in [0.15, 0.2) is 11.2 Å². The summed E-state index contributed by atoms with van der Waals surface area (Å²) in [5.41, 5.74) is 0. The Morgan fingerprint density at radius 1 is 1.88 bits per heavy atom. The molecule has 0 spiro atoms. The molecule has 0 aromatic carbocycles. The van der Waals surface area contributed by atoms with Crippen molar-refractivity contribution in [2.24, 2.45) is 0 Å². The summed E-state index contributed by atoms with van der Waals surface area (Å²) in [6.45, 7) is 5.01. The average Bonchev–Trinajstić information content (AvgIpc) is 1.77. The van der Waals surface area contributed by atoms with Crippen molar-refractivity contribution in [2.45, 2.75) is 19.1 Å². The predicted molar refractivity (Wildman–Crippen MR) is 36.8 cm³/mol. The Bertz CT molecular complexity index is 109. The largest absolute Gasteiger partial charge is 0.497 e. The van der Waals surface area contributed by atoms with Gasteiger partial charge in [0.1, 0.15) is 0 Å². The van der Waals surface area contributed by atoms with E-state index in [4.69, 9.17) is 4.74 Å². The molecule has 1 unspecified atom stereocenters. The van der Waals surface area contributed by atoms with Crippen LogP contribution in [0.3, 0.4) is 0 Å². The fourth-order valence-electron chi connectivity index (χ4n) is 0.534. The molecule has 0 radical (unpaired) electrons. The predicted octanol–water partition coefficient (Wildman–Crippen LogP) is 2.00. The quantitative estimate of drug-likeness (QED) is 0.496. The summed E-state index contributed by atoms with van der Waals surface area (Å²) in [5.74, 6) is 1.05. The third kappa shape index (κ3) is 1.44. The van der Waals surface area contributed by atoms with Crippen molar-refractivity contribution in [1.82, 2.24) is 0 Å². The van der Waals surface area contributed by atoms with Crippen molar-refractivity contribution in [3.05, 3.63) is 11.2 Å². The third-order valence-electron chi connectivity index (χ3n) is 1.01. The third-order valence-corrected chi connectivity index (χ3v) is 2.08. The number of ether oxygens (including phenoxy) is 1. The van der Waals surface area contributed by atoms with Gasteiger partial charge in [0.2, 0.25) is 0 Å². The first kappa shape index (κ1) is 6.02. The lowest BCUT2D eigenvalue weighted by Crippen LogP contribution is -2.09. The maximum atomic E-state index is 5.23. The highest BCUT2D eigenvalue weighted by molar-refractivity contribution is 8.02. The second kappa shape index (κ2) is 2.44. The Balaban J connectivity index is 2.42. The van der Waals surface area contributed by atoms with Gasteiger partial charge in [0, 0.05) is 10.7 Å². The van der Waals surface area contributed by atoms with Crippen LogP contribution in [0, 0.1) is 0 Å². The van der Waals surface area contributed by atoms with Gasteiger partial charge in [-0.3, -0.25) is 0 Å². The molecule has 0 aromatic rings. The molecule has 2 heteroatoms. The molecule has 0 bridgehead atoms. The minimum absolute atomic E-state index is 0.638. The van der Waals surface area contributed by atoms with E-state index < -0.39 is 0 Å². The molecule has 1 aliphatic rings. The van der Waals surface area contributed by atoms with E-state index >= 15 is 0 Å². The number of thioether (sulfide) groups is 1. The van der Waals surface area contributed by atoms with Gasteiger partial charge in [0.25, 0.3) is 0 Å². The molecule has 1 heterocycles. The molecule has 1 rings (SSSR count). The number of allylic oxidation sites excluding steroid dienone is 1. The lowest BCUT2D eigenvalue weighted by molar-refractivity contribution is 0.215. The smallest absolute Gasteiger partial charge is 0.0996 e. The van der Waals surface area contributed by atoms with Gasteiger partial charge in [-0.1, -0.05) is 0 Å².